The molecule has 3 rings (SSSR count). The maximum absolute atomic E-state index is 12.0. The van der Waals surface area contributed by atoms with Crippen LogP contribution in [0.5, 0.6) is 5.75 Å². The predicted octanol–water partition coefficient (Wildman–Crippen LogP) is 5.85. The fourth-order valence-electron chi connectivity index (χ4n) is 3.06. The quantitative estimate of drug-likeness (QED) is 0.437. The van der Waals surface area contributed by atoms with Crippen molar-refractivity contribution in [3.8, 4) is 28.3 Å². The van der Waals surface area contributed by atoms with Gasteiger partial charge >= 0.3 is 6.09 Å². The number of unbranched alkanes of at least 4 members (excludes halogenated alkanes) is 5. The molecule has 0 saturated heterocycles. The Morgan fingerprint density at radius 3 is 2.69 bits per heavy atom. The molecule has 2 aromatic heterocycles. The van der Waals surface area contributed by atoms with Crippen molar-refractivity contribution in [2.24, 2.45) is 0 Å². The summed E-state index contributed by atoms with van der Waals surface area (Å²) in [5.41, 5.74) is 2.57. The van der Waals surface area contributed by atoms with E-state index in [-0.39, 0.29) is 0 Å². The number of carbonyl (C=O) groups excluding carboxylic acids is 1. The fourth-order valence-corrected chi connectivity index (χ4v) is 3.06. The average molecular weight is 393 g/mol. The molecule has 0 unspecified atom stereocenters. The lowest BCUT2D eigenvalue weighted by Crippen LogP contribution is -2.27. The minimum Gasteiger partial charge on any atom is -0.444 e. The first-order valence-electron chi connectivity index (χ1n) is 10.2. The van der Waals surface area contributed by atoms with Crippen molar-refractivity contribution in [3.05, 3.63) is 55.2 Å². The third-order valence-corrected chi connectivity index (χ3v) is 4.60. The van der Waals surface area contributed by atoms with Crippen molar-refractivity contribution in [2.45, 2.75) is 45.4 Å². The minimum atomic E-state index is -0.428. The van der Waals surface area contributed by atoms with E-state index in [2.05, 4.69) is 22.2 Å². The number of benzene rings is 1. The highest BCUT2D eigenvalue weighted by Crippen LogP contribution is 2.27. The average Bonchev–Trinajstić information content (AvgIpc) is 3.28. The first-order valence-corrected chi connectivity index (χ1v) is 10.2. The van der Waals surface area contributed by atoms with Crippen LogP contribution in [0, 0.1) is 0 Å². The van der Waals surface area contributed by atoms with Gasteiger partial charge < -0.3 is 14.5 Å². The number of amides is 1. The van der Waals surface area contributed by atoms with Crippen LogP contribution in [0.15, 0.2) is 59.6 Å². The van der Waals surface area contributed by atoms with E-state index < -0.39 is 6.09 Å². The largest absolute Gasteiger partial charge is 0.444 e. The summed E-state index contributed by atoms with van der Waals surface area (Å²) in [4.78, 5) is 20.5. The van der Waals surface area contributed by atoms with Crippen LogP contribution < -0.4 is 10.1 Å². The molecule has 29 heavy (non-hydrogen) atoms. The second-order valence-corrected chi connectivity index (χ2v) is 6.91. The summed E-state index contributed by atoms with van der Waals surface area (Å²) in [6.45, 7) is 2.84. The van der Waals surface area contributed by atoms with Crippen LogP contribution in [-0.2, 0) is 0 Å². The Hall–Kier alpha value is -3.15. The Morgan fingerprint density at radius 1 is 1.03 bits per heavy atom. The van der Waals surface area contributed by atoms with E-state index in [9.17, 15) is 4.79 Å². The summed E-state index contributed by atoms with van der Waals surface area (Å²) >= 11 is 0. The SMILES string of the molecule is CCCCCCCCNC(=O)Oc1cccc(-c2cncc(-c3ncco3)c2)c1. The zero-order chi connectivity index (χ0) is 20.3. The summed E-state index contributed by atoms with van der Waals surface area (Å²) in [6.07, 6.45) is 13.2. The molecule has 152 valence electrons. The molecule has 6 nitrogen and oxygen atoms in total. The van der Waals surface area contributed by atoms with Gasteiger partial charge in [-0.15, -0.1) is 0 Å². The van der Waals surface area contributed by atoms with Crippen LogP contribution in [0.1, 0.15) is 45.4 Å². The summed E-state index contributed by atoms with van der Waals surface area (Å²) in [6, 6.07) is 9.32. The van der Waals surface area contributed by atoms with Gasteiger partial charge in [0.2, 0.25) is 5.89 Å². The van der Waals surface area contributed by atoms with Crippen molar-refractivity contribution < 1.29 is 13.9 Å². The lowest BCUT2D eigenvalue weighted by atomic mass is 10.1. The van der Waals surface area contributed by atoms with Crippen molar-refractivity contribution in [3.63, 3.8) is 0 Å². The highest BCUT2D eigenvalue weighted by Gasteiger charge is 2.08. The van der Waals surface area contributed by atoms with Gasteiger partial charge in [-0.05, 0) is 30.2 Å². The molecule has 3 aromatic rings. The van der Waals surface area contributed by atoms with Crippen LogP contribution >= 0.6 is 0 Å². The molecule has 0 aliphatic rings. The van der Waals surface area contributed by atoms with Crippen molar-refractivity contribution in [2.75, 3.05) is 6.54 Å². The Morgan fingerprint density at radius 2 is 1.86 bits per heavy atom. The van der Waals surface area contributed by atoms with E-state index in [4.69, 9.17) is 9.15 Å². The van der Waals surface area contributed by atoms with Gasteiger partial charge in [0.25, 0.3) is 0 Å². The number of nitrogens with zero attached hydrogens (tertiary/aromatic N) is 2. The highest BCUT2D eigenvalue weighted by molar-refractivity contribution is 5.73. The van der Waals surface area contributed by atoms with Crippen LogP contribution in [-0.4, -0.2) is 22.6 Å². The minimum absolute atomic E-state index is 0.428. The van der Waals surface area contributed by atoms with Crippen LogP contribution in [0.25, 0.3) is 22.6 Å². The molecular formula is C23H27N3O3. The molecule has 0 aliphatic heterocycles. The van der Waals surface area contributed by atoms with Crippen molar-refractivity contribution >= 4 is 6.09 Å². The number of pyridine rings is 1. The van der Waals surface area contributed by atoms with Gasteiger partial charge in [0.05, 0.1) is 11.8 Å². The zero-order valence-corrected chi connectivity index (χ0v) is 16.8. The Bertz CT molecular complexity index is 894. The number of carbonyl (C=O) groups is 1. The fraction of sp³-hybridized carbons (Fsp3) is 0.348. The number of hydrogen-bond acceptors (Lipinski definition) is 5. The van der Waals surface area contributed by atoms with E-state index >= 15 is 0 Å². The first kappa shape index (κ1) is 20.6. The third kappa shape index (κ3) is 6.45. The molecule has 0 saturated carbocycles. The molecular weight excluding hydrogens is 366 g/mol. The maximum atomic E-state index is 12.0. The van der Waals surface area contributed by atoms with E-state index in [0.717, 1.165) is 29.5 Å². The maximum Gasteiger partial charge on any atom is 0.412 e. The molecule has 0 bridgehead atoms. The van der Waals surface area contributed by atoms with Gasteiger partial charge in [-0.3, -0.25) is 4.98 Å². The smallest absolute Gasteiger partial charge is 0.412 e. The molecule has 2 heterocycles. The van der Waals surface area contributed by atoms with Crippen LogP contribution in [0.4, 0.5) is 4.79 Å². The topological polar surface area (TPSA) is 77.2 Å². The molecule has 1 aromatic carbocycles. The highest BCUT2D eigenvalue weighted by atomic mass is 16.6. The van der Waals surface area contributed by atoms with Gasteiger partial charge in [-0.25, -0.2) is 9.78 Å². The molecule has 0 radical (unpaired) electrons. The second kappa shape index (κ2) is 11.0. The number of ether oxygens (including phenoxy) is 1. The Labute approximate surface area is 171 Å². The lowest BCUT2D eigenvalue weighted by molar-refractivity contribution is 0.200. The van der Waals surface area contributed by atoms with Crippen molar-refractivity contribution in [1.29, 1.82) is 0 Å². The molecule has 6 heteroatoms. The first-order chi connectivity index (χ1) is 14.3. The monoisotopic (exact) mass is 393 g/mol. The number of hydrogen-bond donors (Lipinski definition) is 1. The Balaban J connectivity index is 1.53. The third-order valence-electron chi connectivity index (χ3n) is 4.60. The summed E-state index contributed by atoms with van der Waals surface area (Å²) in [5.74, 6) is 1.00. The standard InChI is InChI=1S/C23H27N3O3/c1-2-3-4-5-6-7-11-26-23(27)29-21-10-8-9-18(15-21)19-14-20(17-24-16-19)22-25-12-13-28-22/h8-10,12-17H,2-7,11H2,1H3,(H,26,27). The molecule has 0 aliphatic carbocycles. The molecule has 1 N–H and O–H groups in total. The van der Waals surface area contributed by atoms with Crippen molar-refractivity contribution in [1.82, 2.24) is 15.3 Å². The molecule has 1 amide bonds. The van der Waals surface area contributed by atoms with Gasteiger partial charge in [0.1, 0.15) is 12.0 Å². The molecule has 0 spiro atoms. The van der Waals surface area contributed by atoms with E-state index in [1.54, 1.807) is 24.7 Å². The number of nitrogens with one attached hydrogen (secondary N) is 1. The van der Waals surface area contributed by atoms with E-state index in [1.807, 2.05) is 24.3 Å². The van der Waals surface area contributed by atoms with E-state index in [1.165, 1.54) is 31.9 Å². The lowest BCUT2D eigenvalue weighted by Gasteiger charge is -2.09. The van der Waals surface area contributed by atoms with E-state index in [0.29, 0.717) is 18.2 Å². The zero-order valence-electron chi connectivity index (χ0n) is 16.8. The van der Waals surface area contributed by atoms with Crippen LogP contribution in [0.3, 0.4) is 0 Å². The summed E-state index contributed by atoms with van der Waals surface area (Å²) in [7, 11) is 0. The van der Waals surface area contributed by atoms with Gasteiger partial charge in [-0.2, -0.15) is 0 Å². The summed E-state index contributed by atoms with van der Waals surface area (Å²) in [5, 5.41) is 2.81. The van der Waals surface area contributed by atoms with Gasteiger partial charge in [-0.1, -0.05) is 51.2 Å². The second-order valence-electron chi connectivity index (χ2n) is 6.91. The Kier molecular flexibility index (Phi) is 7.81. The number of oxazole rings is 1. The molecule has 0 atom stereocenters. The number of rotatable bonds is 10. The number of aromatic nitrogens is 2. The molecule has 0 fully saturated rings. The predicted molar refractivity (Wildman–Crippen MR) is 113 cm³/mol. The van der Waals surface area contributed by atoms with Gasteiger partial charge in [0.15, 0.2) is 0 Å². The summed E-state index contributed by atoms with van der Waals surface area (Å²) < 4.78 is 10.8. The van der Waals surface area contributed by atoms with Gasteiger partial charge in [0, 0.05) is 24.5 Å². The normalized spacial score (nSPS) is 10.7. The van der Waals surface area contributed by atoms with Crippen LogP contribution in [0.2, 0.25) is 0 Å².